The number of likely N-dealkylation sites (N-methyl/N-ethyl adjacent to an activating group) is 1. The molecule has 1 amide bonds. The fourth-order valence-electron chi connectivity index (χ4n) is 4.27. The van der Waals surface area contributed by atoms with E-state index in [9.17, 15) is 9.59 Å². The second-order valence-electron chi connectivity index (χ2n) is 7.54. The van der Waals surface area contributed by atoms with Gasteiger partial charge in [0, 0.05) is 60.8 Å². The molecule has 0 radical (unpaired) electrons. The molecule has 4 heterocycles. The van der Waals surface area contributed by atoms with E-state index < -0.39 is 0 Å². The minimum Gasteiger partial charge on any atom is -0.341 e. The lowest BCUT2D eigenvalue weighted by Crippen LogP contribution is -2.51. The van der Waals surface area contributed by atoms with Gasteiger partial charge in [-0.15, -0.1) is 0 Å². The smallest absolute Gasteiger partial charge is 0.250 e. The molecule has 2 aliphatic rings. The molecule has 2 atom stereocenters. The summed E-state index contributed by atoms with van der Waals surface area (Å²) in [6.07, 6.45) is 6.06. The molecule has 0 aromatic carbocycles. The van der Waals surface area contributed by atoms with Crippen LogP contribution in [0, 0.1) is 5.92 Å². The van der Waals surface area contributed by atoms with E-state index in [0.29, 0.717) is 25.6 Å². The molecule has 1 saturated heterocycles. The van der Waals surface area contributed by atoms with Crippen LogP contribution in [0.3, 0.4) is 0 Å². The average molecular weight is 353 g/mol. The third kappa shape index (κ3) is 3.03. The van der Waals surface area contributed by atoms with Gasteiger partial charge in [-0.1, -0.05) is 0 Å². The van der Waals surface area contributed by atoms with E-state index in [1.807, 2.05) is 34.5 Å². The van der Waals surface area contributed by atoms with Gasteiger partial charge in [0.25, 0.3) is 5.56 Å². The Morgan fingerprint density at radius 1 is 1.19 bits per heavy atom. The van der Waals surface area contributed by atoms with Crippen LogP contribution in [0.4, 0.5) is 0 Å². The molecule has 2 aromatic rings. The highest BCUT2D eigenvalue weighted by Crippen LogP contribution is 2.39. The fourth-order valence-corrected chi connectivity index (χ4v) is 4.27. The summed E-state index contributed by atoms with van der Waals surface area (Å²) < 4.78 is 1.90. The van der Waals surface area contributed by atoms with E-state index in [4.69, 9.17) is 0 Å². The Morgan fingerprint density at radius 3 is 2.69 bits per heavy atom. The third-order valence-electron chi connectivity index (χ3n) is 5.27. The summed E-state index contributed by atoms with van der Waals surface area (Å²) in [5.41, 5.74) is 2.95. The summed E-state index contributed by atoms with van der Waals surface area (Å²) in [6, 6.07) is 3.50. The Morgan fingerprint density at radius 2 is 1.96 bits per heavy atom. The van der Waals surface area contributed by atoms with Gasteiger partial charge in [0.05, 0.1) is 6.54 Å². The van der Waals surface area contributed by atoms with Crippen molar-refractivity contribution in [2.24, 2.45) is 5.92 Å². The van der Waals surface area contributed by atoms with Crippen LogP contribution in [0.5, 0.6) is 0 Å². The van der Waals surface area contributed by atoms with Gasteiger partial charge in [0.1, 0.15) is 6.33 Å². The molecule has 0 spiro atoms. The number of amides is 1. The van der Waals surface area contributed by atoms with E-state index in [1.54, 1.807) is 18.5 Å². The second-order valence-corrected chi connectivity index (χ2v) is 7.54. The zero-order chi connectivity index (χ0) is 18.3. The summed E-state index contributed by atoms with van der Waals surface area (Å²) in [6.45, 7) is 2.47. The van der Waals surface area contributed by atoms with Crippen LogP contribution in [-0.2, 0) is 11.3 Å². The summed E-state index contributed by atoms with van der Waals surface area (Å²) in [5.74, 6) is 0.645. The highest BCUT2D eigenvalue weighted by molar-refractivity contribution is 5.78. The van der Waals surface area contributed by atoms with Crippen LogP contribution in [0.25, 0.3) is 11.1 Å². The lowest BCUT2D eigenvalue weighted by molar-refractivity contribution is -0.134. The van der Waals surface area contributed by atoms with Crippen LogP contribution >= 0.6 is 0 Å². The Kier molecular flexibility index (Phi) is 4.32. The van der Waals surface area contributed by atoms with Crippen molar-refractivity contribution in [3.63, 3.8) is 0 Å². The molecular weight excluding hydrogens is 330 g/mol. The van der Waals surface area contributed by atoms with Crippen molar-refractivity contribution in [2.45, 2.75) is 18.9 Å². The van der Waals surface area contributed by atoms with Crippen molar-refractivity contribution < 1.29 is 4.79 Å². The Bertz CT molecular complexity index is 877. The van der Waals surface area contributed by atoms with Crippen LogP contribution in [0.15, 0.2) is 35.6 Å². The number of aromatic nitrogens is 3. The largest absolute Gasteiger partial charge is 0.341 e. The topological polar surface area (TPSA) is 71.3 Å². The predicted molar refractivity (Wildman–Crippen MR) is 97.7 cm³/mol. The van der Waals surface area contributed by atoms with Crippen molar-refractivity contribution in [1.29, 1.82) is 0 Å². The number of hydrogen-bond donors (Lipinski definition) is 0. The zero-order valence-corrected chi connectivity index (χ0v) is 15.1. The van der Waals surface area contributed by atoms with Gasteiger partial charge >= 0.3 is 0 Å². The molecular formula is C19H23N5O2. The lowest BCUT2D eigenvalue weighted by atomic mass is 9.80. The maximum absolute atomic E-state index is 12.6. The Balaban J connectivity index is 1.73. The summed E-state index contributed by atoms with van der Waals surface area (Å²) in [7, 11) is 3.82. The van der Waals surface area contributed by atoms with Gasteiger partial charge in [-0.2, -0.15) is 0 Å². The predicted octanol–water partition coefficient (Wildman–Crippen LogP) is 0.813. The average Bonchev–Trinajstić information content (AvgIpc) is 2.62. The highest BCUT2D eigenvalue weighted by Gasteiger charge is 2.37. The van der Waals surface area contributed by atoms with E-state index in [-0.39, 0.29) is 17.4 Å². The molecule has 0 unspecified atom stereocenters. The van der Waals surface area contributed by atoms with E-state index in [0.717, 1.165) is 29.8 Å². The summed E-state index contributed by atoms with van der Waals surface area (Å²) >= 11 is 0. The van der Waals surface area contributed by atoms with Crippen molar-refractivity contribution >= 4 is 5.91 Å². The Labute approximate surface area is 152 Å². The minimum atomic E-state index is 0.0309. The number of nitrogens with zero attached hydrogens (tertiary/aromatic N) is 5. The molecule has 4 rings (SSSR count). The van der Waals surface area contributed by atoms with Gasteiger partial charge in [-0.25, -0.2) is 9.97 Å². The first-order valence-electron chi connectivity index (χ1n) is 8.94. The number of carbonyl (C=O) groups excluding carboxylic acids is 1. The molecule has 0 aliphatic carbocycles. The van der Waals surface area contributed by atoms with E-state index in [2.05, 4.69) is 9.97 Å². The third-order valence-corrected chi connectivity index (χ3v) is 5.27. The number of fused-ring (bicyclic) bond motifs is 4. The van der Waals surface area contributed by atoms with Crippen molar-refractivity contribution in [2.75, 3.05) is 33.7 Å². The number of carbonyl (C=O) groups is 1. The number of likely N-dealkylation sites (tertiary alicyclic amines) is 1. The van der Waals surface area contributed by atoms with Gasteiger partial charge in [0.2, 0.25) is 5.91 Å². The first-order valence-corrected chi connectivity index (χ1v) is 8.94. The van der Waals surface area contributed by atoms with Crippen LogP contribution in [0.2, 0.25) is 0 Å². The molecule has 0 saturated carbocycles. The quantitative estimate of drug-likeness (QED) is 0.817. The van der Waals surface area contributed by atoms with Gasteiger partial charge in [-0.3, -0.25) is 9.59 Å². The number of pyridine rings is 1. The van der Waals surface area contributed by atoms with Gasteiger partial charge < -0.3 is 14.4 Å². The first kappa shape index (κ1) is 16.9. The standard InChI is InChI=1S/C19H23N5O2/c1-22(2)11-18(26)23-8-13-5-14(10-23)19-16(15-6-20-12-21-7-15)3-4-17(25)24(19)9-13/h3-4,6-7,12-14H,5,8-11H2,1-2H3/t13-,14+/m0/s1. The highest BCUT2D eigenvalue weighted by atomic mass is 16.2. The number of rotatable bonds is 3. The van der Waals surface area contributed by atoms with Crippen LogP contribution in [0.1, 0.15) is 18.0 Å². The zero-order valence-electron chi connectivity index (χ0n) is 15.1. The van der Waals surface area contributed by atoms with E-state index >= 15 is 0 Å². The molecule has 2 aliphatic heterocycles. The van der Waals surface area contributed by atoms with Gasteiger partial charge in [0.15, 0.2) is 0 Å². The van der Waals surface area contributed by atoms with Crippen molar-refractivity contribution in [1.82, 2.24) is 24.3 Å². The molecule has 136 valence electrons. The molecule has 26 heavy (non-hydrogen) atoms. The normalized spacial score (nSPS) is 21.6. The monoisotopic (exact) mass is 353 g/mol. The van der Waals surface area contributed by atoms with Crippen LogP contribution in [-0.4, -0.2) is 64.0 Å². The molecule has 2 aromatic heterocycles. The second kappa shape index (κ2) is 6.64. The van der Waals surface area contributed by atoms with Gasteiger partial charge in [-0.05, 0) is 32.5 Å². The lowest BCUT2D eigenvalue weighted by Gasteiger charge is -2.43. The van der Waals surface area contributed by atoms with Crippen LogP contribution < -0.4 is 5.56 Å². The fraction of sp³-hybridized carbons (Fsp3) is 0.474. The number of hydrogen-bond acceptors (Lipinski definition) is 5. The maximum Gasteiger partial charge on any atom is 0.250 e. The van der Waals surface area contributed by atoms with E-state index in [1.165, 1.54) is 6.33 Å². The number of piperidine rings is 1. The molecule has 7 heteroatoms. The summed E-state index contributed by atoms with van der Waals surface area (Å²) in [5, 5.41) is 0. The summed E-state index contributed by atoms with van der Waals surface area (Å²) in [4.78, 5) is 37.2. The van der Waals surface area contributed by atoms with Crippen molar-refractivity contribution in [3.05, 3.63) is 46.9 Å². The molecule has 1 fully saturated rings. The molecule has 0 N–H and O–H groups in total. The minimum absolute atomic E-state index is 0.0309. The van der Waals surface area contributed by atoms with Crippen molar-refractivity contribution in [3.8, 4) is 11.1 Å². The molecule has 7 nitrogen and oxygen atoms in total. The SMILES string of the molecule is CN(C)CC(=O)N1C[C@@H]2C[C@H](C1)c1c(-c3cncnc3)ccc(=O)n1C2. The maximum atomic E-state index is 12.6. The molecule has 2 bridgehead atoms. The Hall–Kier alpha value is -2.54. The first-order chi connectivity index (χ1) is 12.5.